The number of carbonyl (C=O) groups excluding carboxylic acids is 1. The van der Waals surface area contributed by atoms with Crippen LogP contribution in [0.1, 0.15) is 16.8 Å². The number of aliphatic hydroxyl groups excluding tert-OH is 1. The Kier molecular flexibility index (Phi) is 4.15. The molecule has 0 radical (unpaired) electrons. The molecule has 1 aromatic carbocycles. The van der Waals surface area contributed by atoms with Gasteiger partial charge in [0.05, 0.1) is 6.73 Å². The first kappa shape index (κ1) is 9.89. The molecule has 0 heterocycles. The summed E-state index contributed by atoms with van der Waals surface area (Å²) in [4.78, 5) is 11.4. The van der Waals surface area contributed by atoms with Crippen molar-refractivity contribution in [1.82, 2.24) is 5.32 Å². The minimum absolute atomic E-state index is 0.0813. The summed E-state index contributed by atoms with van der Waals surface area (Å²) in [5.74, 6) is 0.0987. The third-order valence-corrected chi connectivity index (χ3v) is 1.74. The summed E-state index contributed by atoms with van der Waals surface area (Å²) in [6, 6.07) is 9.14. The zero-order chi connectivity index (χ0) is 9.52. The average Bonchev–Trinajstić information content (AvgIpc) is 2.19. The van der Waals surface area contributed by atoms with Crippen LogP contribution in [-0.2, 0) is 0 Å². The Morgan fingerprint density at radius 2 is 2.00 bits per heavy atom. The third-order valence-electron chi connectivity index (χ3n) is 1.74. The zero-order valence-corrected chi connectivity index (χ0v) is 7.36. The Balaban J connectivity index is 2.40. The number of nitrogens with one attached hydrogen (secondary N) is 1. The van der Waals surface area contributed by atoms with E-state index in [1.807, 2.05) is 18.2 Å². The number of rotatable bonds is 5. The van der Waals surface area contributed by atoms with Crippen molar-refractivity contribution in [2.75, 3.05) is 13.3 Å². The fourth-order valence-electron chi connectivity index (χ4n) is 1.05. The number of hydrogen-bond acceptors (Lipinski definition) is 3. The lowest BCUT2D eigenvalue weighted by atomic mass is 10.1. The van der Waals surface area contributed by atoms with Gasteiger partial charge in [0.25, 0.3) is 0 Å². The van der Waals surface area contributed by atoms with Gasteiger partial charge in [-0.1, -0.05) is 30.3 Å². The highest BCUT2D eigenvalue weighted by Gasteiger charge is 2.02. The molecular formula is C10H13NO2. The molecule has 0 saturated carbocycles. The Labute approximate surface area is 77.4 Å². The fourth-order valence-corrected chi connectivity index (χ4v) is 1.05. The van der Waals surface area contributed by atoms with Crippen LogP contribution in [0.15, 0.2) is 30.3 Å². The van der Waals surface area contributed by atoms with Gasteiger partial charge in [0.1, 0.15) is 0 Å². The van der Waals surface area contributed by atoms with Crippen molar-refractivity contribution in [3.05, 3.63) is 35.9 Å². The quantitative estimate of drug-likeness (QED) is 0.399. The summed E-state index contributed by atoms with van der Waals surface area (Å²) in [5.41, 5.74) is 0.724. The summed E-state index contributed by atoms with van der Waals surface area (Å²) in [5, 5.41) is 11.1. The molecule has 13 heavy (non-hydrogen) atoms. The summed E-state index contributed by atoms with van der Waals surface area (Å²) in [7, 11) is 0. The van der Waals surface area contributed by atoms with Crippen LogP contribution in [0.5, 0.6) is 0 Å². The molecule has 0 spiro atoms. The SMILES string of the molecule is O=C(CCNCO)c1ccccc1. The molecule has 0 fully saturated rings. The van der Waals surface area contributed by atoms with Crippen LogP contribution >= 0.6 is 0 Å². The monoisotopic (exact) mass is 179 g/mol. The lowest BCUT2D eigenvalue weighted by Crippen LogP contribution is -2.18. The number of benzene rings is 1. The number of Topliss-reactive ketones (excluding diaryl/α,β-unsaturated/α-hetero) is 1. The van der Waals surface area contributed by atoms with Crippen molar-refractivity contribution in [2.24, 2.45) is 0 Å². The van der Waals surface area contributed by atoms with Crippen LogP contribution < -0.4 is 5.32 Å². The van der Waals surface area contributed by atoms with Crippen molar-refractivity contribution in [1.29, 1.82) is 0 Å². The minimum atomic E-state index is -0.0813. The third kappa shape index (κ3) is 3.36. The summed E-state index contributed by atoms with van der Waals surface area (Å²) in [6.45, 7) is 0.437. The molecule has 0 aliphatic carbocycles. The van der Waals surface area contributed by atoms with Crippen molar-refractivity contribution >= 4 is 5.78 Å². The summed E-state index contributed by atoms with van der Waals surface area (Å²) in [6.07, 6.45) is 0.421. The molecule has 0 aliphatic heterocycles. The van der Waals surface area contributed by atoms with E-state index in [-0.39, 0.29) is 12.5 Å². The van der Waals surface area contributed by atoms with Gasteiger partial charge in [0, 0.05) is 18.5 Å². The molecule has 2 N–H and O–H groups in total. The summed E-state index contributed by atoms with van der Waals surface area (Å²) >= 11 is 0. The Morgan fingerprint density at radius 3 is 2.62 bits per heavy atom. The first-order chi connectivity index (χ1) is 6.34. The van der Waals surface area contributed by atoms with Gasteiger partial charge in [-0.05, 0) is 0 Å². The second kappa shape index (κ2) is 5.45. The van der Waals surface area contributed by atoms with Gasteiger partial charge in [0.2, 0.25) is 0 Å². The van der Waals surface area contributed by atoms with Gasteiger partial charge in [-0.2, -0.15) is 0 Å². The first-order valence-electron chi connectivity index (χ1n) is 4.24. The molecular weight excluding hydrogens is 166 g/mol. The smallest absolute Gasteiger partial charge is 0.164 e. The first-order valence-corrected chi connectivity index (χ1v) is 4.24. The molecule has 0 bridgehead atoms. The van der Waals surface area contributed by atoms with Gasteiger partial charge in [0.15, 0.2) is 5.78 Å². The summed E-state index contributed by atoms with van der Waals surface area (Å²) < 4.78 is 0. The largest absolute Gasteiger partial charge is 0.381 e. The van der Waals surface area contributed by atoms with Crippen LogP contribution in [0.4, 0.5) is 0 Å². The molecule has 70 valence electrons. The molecule has 0 aliphatic rings. The van der Waals surface area contributed by atoms with Crippen molar-refractivity contribution < 1.29 is 9.90 Å². The van der Waals surface area contributed by atoms with Gasteiger partial charge >= 0.3 is 0 Å². The van der Waals surface area contributed by atoms with E-state index in [0.29, 0.717) is 13.0 Å². The van der Waals surface area contributed by atoms with E-state index in [2.05, 4.69) is 5.32 Å². The molecule has 1 rings (SSSR count). The zero-order valence-electron chi connectivity index (χ0n) is 7.36. The van der Waals surface area contributed by atoms with E-state index in [4.69, 9.17) is 5.11 Å². The molecule has 3 nitrogen and oxygen atoms in total. The standard InChI is InChI=1S/C10H13NO2/c12-8-11-7-6-10(13)9-4-2-1-3-5-9/h1-5,11-12H,6-8H2. The molecule has 1 aromatic rings. The fraction of sp³-hybridized carbons (Fsp3) is 0.300. The average molecular weight is 179 g/mol. The van der Waals surface area contributed by atoms with E-state index >= 15 is 0 Å². The predicted octanol–water partition coefficient (Wildman–Crippen LogP) is 0.799. The molecule has 3 heteroatoms. The van der Waals surface area contributed by atoms with Gasteiger partial charge < -0.3 is 5.11 Å². The number of ketones is 1. The van der Waals surface area contributed by atoms with Crippen LogP contribution in [0.3, 0.4) is 0 Å². The van der Waals surface area contributed by atoms with E-state index < -0.39 is 0 Å². The molecule has 0 atom stereocenters. The Hall–Kier alpha value is -1.19. The van der Waals surface area contributed by atoms with E-state index in [1.54, 1.807) is 12.1 Å². The van der Waals surface area contributed by atoms with E-state index in [0.717, 1.165) is 5.56 Å². The number of aliphatic hydroxyl groups is 1. The molecule has 0 amide bonds. The van der Waals surface area contributed by atoms with Crippen molar-refractivity contribution in [3.8, 4) is 0 Å². The van der Waals surface area contributed by atoms with Gasteiger partial charge in [-0.25, -0.2) is 0 Å². The van der Waals surface area contributed by atoms with E-state index in [9.17, 15) is 4.79 Å². The second-order valence-electron chi connectivity index (χ2n) is 2.70. The topological polar surface area (TPSA) is 49.3 Å². The van der Waals surface area contributed by atoms with Gasteiger partial charge in [-0.15, -0.1) is 0 Å². The number of hydrogen-bond donors (Lipinski definition) is 2. The maximum atomic E-state index is 11.4. The molecule has 0 aromatic heterocycles. The van der Waals surface area contributed by atoms with Crippen LogP contribution in [0.2, 0.25) is 0 Å². The highest BCUT2D eigenvalue weighted by Crippen LogP contribution is 2.01. The Bertz CT molecular complexity index is 259. The minimum Gasteiger partial charge on any atom is -0.381 e. The number of carbonyl (C=O) groups is 1. The normalized spacial score (nSPS) is 9.92. The van der Waals surface area contributed by atoms with E-state index in [1.165, 1.54) is 0 Å². The lowest BCUT2D eigenvalue weighted by Gasteiger charge is -2.00. The van der Waals surface area contributed by atoms with Crippen molar-refractivity contribution in [3.63, 3.8) is 0 Å². The Morgan fingerprint density at radius 1 is 1.31 bits per heavy atom. The highest BCUT2D eigenvalue weighted by atomic mass is 16.3. The van der Waals surface area contributed by atoms with Crippen LogP contribution in [0.25, 0.3) is 0 Å². The maximum Gasteiger partial charge on any atom is 0.164 e. The van der Waals surface area contributed by atoms with Crippen LogP contribution in [-0.4, -0.2) is 24.2 Å². The lowest BCUT2D eigenvalue weighted by molar-refractivity contribution is 0.0980. The molecule has 0 saturated heterocycles. The predicted molar refractivity (Wildman–Crippen MR) is 50.5 cm³/mol. The highest BCUT2D eigenvalue weighted by molar-refractivity contribution is 5.96. The van der Waals surface area contributed by atoms with Gasteiger partial charge in [-0.3, -0.25) is 10.1 Å². The second-order valence-corrected chi connectivity index (χ2v) is 2.70. The maximum absolute atomic E-state index is 11.4. The van der Waals surface area contributed by atoms with Crippen molar-refractivity contribution in [2.45, 2.75) is 6.42 Å². The molecule has 0 unspecified atom stereocenters. The van der Waals surface area contributed by atoms with Crippen LogP contribution in [0, 0.1) is 0 Å².